The summed E-state index contributed by atoms with van der Waals surface area (Å²) < 4.78 is 37.3. The summed E-state index contributed by atoms with van der Waals surface area (Å²) in [5, 5.41) is 21.9. The molecule has 0 radical (unpaired) electrons. The van der Waals surface area contributed by atoms with E-state index >= 15 is 4.39 Å². The molecule has 8 nitrogen and oxygen atoms in total. The first-order valence-electron chi connectivity index (χ1n) is 13.5. The van der Waals surface area contributed by atoms with E-state index in [1.54, 1.807) is 24.9 Å². The Kier molecular flexibility index (Phi) is 7.50. The number of rotatable bonds is 10. The zero-order valence-electron chi connectivity index (χ0n) is 23.5. The first-order chi connectivity index (χ1) is 19.0. The van der Waals surface area contributed by atoms with Gasteiger partial charge in [-0.15, -0.1) is 0 Å². The number of aromatic hydroxyl groups is 1. The van der Waals surface area contributed by atoms with Crippen LogP contribution < -0.4 is 9.64 Å². The van der Waals surface area contributed by atoms with Crippen molar-refractivity contribution in [2.45, 2.75) is 39.2 Å². The van der Waals surface area contributed by atoms with Gasteiger partial charge in [0.25, 0.3) is 0 Å². The number of likely N-dealkylation sites (N-methyl/N-ethyl adjacent to an activating group) is 1. The maximum absolute atomic E-state index is 16.4. The van der Waals surface area contributed by atoms with Gasteiger partial charge in [0, 0.05) is 37.3 Å². The molecule has 0 saturated heterocycles. The highest BCUT2D eigenvalue weighted by Gasteiger charge is 2.44. The number of aliphatic hydroxyl groups is 1. The minimum atomic E-state index is -0.732. The number of halogens is 2. The number of aromatic nitrogens is 3. The Balaban J connectivity index is 1.68. The van der Waals surface area contributed by atoms with Crippen molar-refractivity contribution in [1.29, 1.82) is 0 Å². The number of aryl methyl sites for hydroxylation is 1. The quantitative estimate of drug-likeness (QED) is 0.287. The standard InChI is InChI=1S/C30H35F2N5O3/c1-6-20-23(31)8-7-18-11-19(39)12-21(24(18)20)26-25(32)27-22(13-33-26)28(37(5)14-17(2)38)35-29(34-27)40-16-30(9-10-30)15-36(3)4/h7-8,11-13,17,38-39H,6,9-10,14-16H2,1-5H3. The Morgan fingerprint density at radius 1 is 1.12 bits per heavy atom. The molecular formula is C30H35F2N5O3. The third-order valence-corrected chi connectivity index (χ3v) is 7.42. The maximum Gasteiger partial charge on any atom is 0.319 e. The molecule has 10 heteroatoms. The van der Waals surface area contributed by atoms with E-state index < -0.39 is 17.7 Å². The summed E-state index contributed by atoms with van der Waals surface area (Å²) in [6.45, 7) is 4.98. The summed E-state index contributed by atoms with van der Waals surface area (Å²) >= 11 is 0. The third kappa shape index (κ3) is 5.38. The fourth-order valence-electron chi connectivity index (χ4n) is 5.49. The number of nitrogens with zero attached hydrogens (tertiary/aromatic N) is 5. The van der Waals surface area contributed by atoms with Crippen molar-refractivity contribution in [3.8, 4) is 23.0 Å². The van der Waals surface area contributed by atoms with Gasteiger partial charge in [-0.2, -0.15) is 9.97 Å². The molecule has 2 aromatic heterocycles. The molecule has 40 heavy (non-hydrogen) atoms. The Labute approximate surface area is 232 Å². The lowest BCUT2D eigenvalue weighted by Crippen LogP contribution is -2.29. The van der Waals surface area contributed by atoms with Crippen LogP contribution in [0.4, 0.5) is 14.6 Å². The predicted molar refractivity (Wildman–Crippen MR) is 152 cm³/mol. The van der Waals surface area contributed by atoms with Crippen molar-refractivity contribution in [1.82, 2.24) is 19.9 Å². The second-order valence-corrected chi connectivity index (χ2v) is 11.2. The lowest BCUT2D eigenvalue weighted by Gasteiger charge is -2.23. The van der Waals surface area contributed by atoms with Crippen LogP contribution in [0.15, 0.2) is 30.5 Å². The molecule has 5 rings (SSSR count). The van der Waals surface area contributed by atoms with Gasteiger partial charge in [-0.3, -0.25) is 4.98 Å². The first-order valence-corrected chi connectivity index (χ1v) is 13.5. The molecule has 1 atom stereocenters. The molecule has 0 spiro atoms. The molecule has 0 aliphatic heterocycles. The summed E-state index contributed by atoms with van der Waals surface area (Å²) in [6.07, 6.45) is 3.24. The average molecular weight is 552 g/mol. The highest BCUT2D eigenvalue weighted by Crippen LogP contribution is 2.46. The van der Waals surface area contributed by atoms with E-state index in [9.17, 15) is 14.6 Å². The summed E-state index contributed by atoms with van der Waals surface area (Å²) in [6, 6.07) is 5.86. The summed E-state index contributed by atoms with van der Waals surface area (Å²) in [7, 11) is 5.78. The van der Waals surface area contributed by atoms with Crippen LogP contribution >= 0.6 is 0 Å². The maximum atomic E-state index is 16.4. The second kappa shape index (κ2) is 10.7. The number of phenolic OH excluding ortho intramolecular Hbond substituents is 1. The molecule has 212 valence electrons. The molecule has 2 N–H and O–H groups in total. The van der Waals surface area contributed by atoms with Gasteiger partial charge in [0.2, 0.25) is 0 Å². The van der Waals surface area contributed by atoms with E-state index in [1.165, 1.54) is 24.4 Å². The van der Waals surface area contributed by atoms with Gasteiger partial charge in [0.15, 0.2) is 5.82 Å². The minimum absolute atomic E-state index is 0.00848. The molecule has 1 aliphatic carbocycles. The zero-order valence-corrected chi connectivity index (χ0v) is 23.5. The number of hydrogen-bond acceptors (Lipinski definition) is 8. The summed E-state index contributed by atoms with van der Waals surface area (Å²) in [4.78, 5) is 17.3. The van der Waals surface area contributed by atoms with Gasteiger partial charge in [-0.25, -0.2) is 8.78 Å². The molecule has 2 aromatic carbocycles. The zero-order chi connectivity index (χ0) is 28.8. The fraction of sp³-hybridized carbons (Fsp3) is 0.433. The number of benzene rings is 2. The largest absolute Gasteiger partial charge is 0.508 e. The van der Waals surface area contributed by atoms with Gasteiger partial charge in [0.05, 0.1) is 18.1 Å². The molecule has 4 aromatic rings. The summed E-state index contributed by atoms with van der Waals surface area (Å²) in [5.74, 6) is -0.853. The van der Waals surface area contributed by atoms with E-state index in [2.05, 4.69) is 19.9 Å². The Morgan fingerprint density at radius 2 is 1.88 bits per heavy atom. The van der Waals surface area contributed by atoms with Gasteiger partial charge >= 0.3 is 6.01 Å². The van der Waals surface area contributed by atoms with E-state index in [0.29, 0.717) is 40.6 Å². The van der Waals surface area contributed by atoms with Gasteiger partial charge in [-0.1, -0.05) is 13.0 Å². The molecule has 0 bridgehead atoms. The highest BCUT2D eigenvalue weighted by molar-refractivity contribution is 6.01. The van der Waals surface area contributed by atoms with Crippen molar-refractivity contribution in [3.05, 3.63) is 47.7 Å². The molecular weight excluding hydrogens is 516 g/mol. The van der Waals surface area contributed by atoms with Crippen LogP contribution in [0.2, 0.25) is 0 Å². The van der Waals surface area contributed by atoms with Crippen molar-refractivity contribution >= 4 is 27.5 Å². The number of aliphatic hydroxyl groups excluding tert-OH is 1. The van der Waals surface area contributed by atoms with Gasteiger partial charge in [0.1, 0.15) is 28.6 Å². The van der Waals surface area contributed by atoms with Crippen molar-refractivity contribution in [2.75, 3.05) is 45.7 Å². The minimum Gasteiger partial charge on any atom is -0.508 e. The van der Waals surface area contributed by atoms with Gasteiger partial charge in [-0.05, 0) is 74.8 Å². The Morgan fingerprint density at radius 3 is 2.52 bits per heavy atom. The van der Waals surface area contributed by atoms with Crippen LogP contribution in [-0.4, -0.2) is 77.0 Å². The number of hydrogen-bond donors (Lipinski definition) is 2. The molecule has 1 unspecified atom stereocenters. The van der Waals surface area contributed by atoms with Crippen molar-refractivity contribution < 1.29 is 23.7 Å². The van der Waals surface area contributed by atoms with Crippen molar-refractivity contribution in [3.63, 3.8) is 0 Å². The van der Waals surface area contributed by atoms with E-state index in [-0.39, 0.29) is 40.5 Å². The topological polar surface area (TPSA) is 94.8 Å². The predicted octanol–water partition coefficient (Wildman–Crippen LogP) is 4.93. The normalized spacial score (nSPS) is 15.1. The molecule has 2 heterocycles. The smallest absolute Gasteiger partial charge is 0.319 e. The van der Waals surface area contributed by atoms with Gasteiger partial charge < -0.3 is 24.7 Å². The van der Waals surface area contributed by atoms with Crippen LogP contribution in [0.1, 0.15) is 32.3 Å². The lowest BCUT2D eigenvalue weighted by atomic mass is 9.94. The fourth-order valence-corrected chi connectivity index (χ4v) is 5.49. The Bertz CT molecular complexity index is 1570. The third-order valence-electron chi connectivity index (χ3n) is 7.42. The lowest BCUT2D eigenvalue weighted by molar-refractivity contribution is 0.183. The van der Waals surface area contributed by atoms with Crippen LogP contribution in [0.5, 0.6) is 11.8 Å². The Hall–Kier alpha value is -3.63. The van der Waals surface area contributed by atoms with Crippen LogP contribution in [0, 0.1) is 17.0 Å². The van der Waals surface area contributed by atoms with Crippen LogP contribution in [-0.2, 0) is 6.42 Å². The summed E-state index contributed by atoms with van der Waals surface area (Å²) in [5.41, 5.74) is 0.623. The van der Waals surface area contributed by atoms with Crippen LogP contribution in [0.25, 0.3) is 32.9 Å². The van der Waals surface area contributed by atoms with E-state index in [1.807, 2.05) is 21.0 Å². The van der Waals surface area contributed by atoms with Crippen LogP contribution in [0.3, 0.4) is 0 Å². The van der Waals surface area contributed by atoms with E-state index in [0.717, 1.165) is 19.4 Å². The highest BCUT2D eigenvalue weighted by atomic mass is 19.1. The number of ether oxygens (including phenoxy) is 1. The molecule has 1 fully saturated rings. The van der Waals surface area contributed by atoms with E-state index in [4.69, 9.17) is 4.74 Å². The number of phenols is 1. The monoisotopic (exact) mass is 551 g/mol. The number of fused-ring (bicyclic) bond motifs is 2. The average Bonchev–Trinajstić information content (AvgIpc) is 3.65. The SMILES string of the molecule is CCc1c(F)ccc2cc(O)cc(-c3ncc4c(N(C)CC(C)O)nc(OCC5(CN(C)C)CC5)nc4c3F)c12. The molecule has 1 aliphatic rings. The second-order valence-electron chi connectivity index (χ2n) is 11.2. The number of anilines is 1. The first kappa shape index (κ1) is 27.9. The molecule has 0 amide bonds. The molecule has 1 saturated carbocycles. The number of pyridine rings is 1. The van der Waals surface area contributed by atoms with Crippen molar-refractivity contribution in [2.24, 2.45) is 5.41 Å².